The molecule has 2 atom stereocenters. The predicted octanol–water partition coefficient (Wildman–Crippen LogP) is 2.33. The molecule has 6 nitrogen and oxygen atoms in total. The van der Waals surface area contributed by atoms with E-state index in [9.17, 15) is 9.50 Å². The van der Waals surface area contributed by atoms with E-state index in [1.165, 1.54) is 25.0 Å². The number of benzene rings is 1. The highest BCUT2D eigenvalue weighted by atomic mass is 19.1. The van der Waals surface area contributed by atoms with Gasteiger partial charge in [-0.25, -0.2) is 4.39 Å². The van der Waals surface area contributed by atoms with Gasteiger partial charge in [0.2, 0.25) is 0 Å². The van der Waals surface area contributed by atoms with Gasteiger partial charge in [-0.2, -0.15) is 0 Å². The zero-order chi connectivity index (χ0) is 19.5. The number of nitrogens with one attached hydrogen (secondary N) is 2. The first kappa shape index (κ1) is 21.4. The van der Waals surface area contributed by atoms with Crippen molar-refractivity contribution in [1.29, 1.82) is 0 Å². The lowest BCUT2D eigenvalue weighted by atomic mass is 10.2. The number of aliphatic imine (C=N–C) groups is 1. The fourth-order valence-corrected chi connectivity index (χ4v) is 2.46. The van der Waals surface area contributed by atoms with Crippen LogP contribution in [0.3, 0.4) is 0 Å². The molecule has 0 amide bonds. The van der Waals surface area contributed by atoms with Gasteiger partial charge in [0.25, 0.3) is 0 Å². The van der Waals surface area contributed by atoms with Crippen LogP contribution in [0.1, 0.15) is 33.1 Å². The Morgan fingerprint density at radius 3 is 2.81 bits per heavy atom. The summed E-state index contributed by atoms with van der Waals surface area (Å²) in [5, 5.41) is 16.4. The molecule has 1 saturated carbocycles. The van der Waals surface area contributed by atoms with Crippen molar-refractivity contribution in [2.75, 3.05) is 32.8 Å². The molecule has 2 unspecified atom stereocenters. The molecule has 2 rings (SSSR count). The topological polar surface area (TPSA) is 75.1 Å². The van der Waals surface area contributed by atoms with E-state index in [1.807, 2.05) is 13.8 Å². The first-order valence-corrected chi connectivity index (χ1v) is 9.80. The lowest BCUT2D eigenvalue weighted by Gasteiger charge is -2.20. The molecule has 1 fully saturated rings. The van der Waals surface area contributed by atoms with Crippen molar-refractivity contribution in [3.63, 3.8) is 0 Å². The van der Waals surface area contributed by atoms with Gasteiger partial charge in [-0.3, -0.25) is 4.99 Å². The lowest BCUT2D eigenvalue weighted by Crippen LogP contribution is -2.43. The van der Waals surface area contributed by atoms with Gasteiger partial charge in [-0.1, -0.05) is 13.0 Å². The molecular weight excluding hydrogens is 349 g/mol. The summed E-state index contributed by atoms with van der Waals surface area (Å²) in [5.74, 6) is 1.49. The summed E-state index contributed by atoms with van der Waals surface area (Å²) in [6.45, 7) is 6.52. The van der Waals surface area contributed by atoms with Crippen LogP contribution >= 0.6 is 0 Å². The maximum atomic E-state index is 13.3. The third-order valence-electron chi connectivity index (χ3n) is 4.22. The first-order valence-electron chi connectivity index (χ1n) is 9.80. The largest absolute Gasteiger partial charge is 0.489 e. The monoisotopic (exact) mass is 381 g/mol. The van der Waals surface area contributed by atoms with E-state index in [0.29, 0.717) is 37.3 Å². The van der Waals surface area contributed by atoms with Crippen molar-refractivity contribution in [2.45, 2.75) is 45.3 Å². The number of halogens is 1. The average Bonchev–Trinajstić information content (AvgIpc) is 3.47. The van der Waals surface area contributed by atoms with E-state index in [1.54, 1.807) is 12.1 Å². The highest BCUT2D eigenvalue weighted by Crippen LogP contribution is 2.28. The van der Waals surface area contributed by atoms with Crippen LogP contribution < -0.4 is 15.4 Å². The smallest absolute Gasteiger partial charge is 0.191 e. The van der Waals surface area contributed by atoms with Gasteiger partial charge in [-0.05, 0) is 44.2 Å². The minimum atomic E-state index is -0.621. The third-order valence-corrected chi connectivity index (χ3v) is 4.22. The summed E-state index contributed by atoms with van der Waals surface area (Å²) in [6.07, 6.45) is 2.49. The molecule has 0 aliphatic heterocycles. The van der Waals surface area contributed by atoms with E-state index in [-0.39, 0.29) is 18.5 Å². The molecule has 0 bridgehead atoms. The van der Waals surface area contributed by atoms with Crippen LogP contribution in [0.15, 0.2) is 29.3 Å². The zero-order valence-corrected chi connectivity index (χ0v) is 16.3. The number of hydrogen-bond donors (Lipinski definition) is 3. The van der Waals surface area contributed by atoms with Gasteiger partial charge in [-0.15, -0.1) is 0 Å². The highest BCUT2D eigenvalue weighted by molar-refractivity contribution is 5.79. The summed E-state index contributed by atoms with van der Waals surface area (Å²) in [4.78, 5) is 4.40. The van der Waals surface area contributed by atoms with E-state index >= 15 is 0 Å². The summed E-state index contributed by atoms with van der Waals surface area (Å²) in [6, 6.07) is 6.13. The van der Waals surface area contributed by atoms with Gasteiger partial charge in [0.15, 0.2) is 5.96 Å². The molecule has 1 aromatic carbocycles. The first-order chi connectivity index (χ1) is 13.1. The number of aliphatic hydroxyl groups excluding tert-OH is 1. The quantitative estimate of drug-likeness (QED) is 0.383. The Morgan fingerprint density at radius 1 is 1.33 bits per heavy atom. The molecular formula is C20H32FN3O3. The molecule has 0 saturated heterocycles. The molecule has 0 radical (unpaired) electrons. The van der Waals surface area contributed by atoms with Gasteiger partial charge in [0.1, 0.15) is 17.7 Å². The normalized spacial score (nSPS) is 16.7. The number of nitrogens with zero attached hydrogens (tertiary/aromatic N) is 1. The molecule has 27 heavy (non-hydrogen) atoms. The second kappa shape index (κ2) is 11.8. The molecule has 1 aliphatic rings. The Kier molecular flexibility index (Phi) is 9.35. The number of guanidine groups is 1. The van der Waals surface area contributed by atoms with Crippen LogP contribution in [0.4, 0.5) is 4.39 Å². The summed E-state index contributed by atoms with van der Waals surface area (Å²) >= 11 is 0. The van der Waals surface area contributed by atoms with Crippen LogP contribution in [0.25, 0.3) is 0 Å². The fourth-order valence-electron chi connectivity index (χ4n) is 2.46. The molecule has 0 heterocycles. The summed E-state index contributed by atoms with van der Waals surface area (Å²) < 4.78 is 24.6. The van der Waals surface area contributed by atoms with Gasteiger partial charge < -0.3 is 25.2 Å². The molecule has 152 valence electrons. The maximum Gasteiger partial charge on any atom is 0.191 e. The highest BCUT2D eigenvalue weighted by Gasteiger charge is 2.21. The molecule has 0 aromatic heterocycles. The number of ether oxygens (including phenoxy) is 2. The molecule has 7 heteroatoms. The maximum absolute atomic E-state index is 13.3. The van der Waals surface area contributed by atoms with Crippen LogP contribution in [-0.4, -0.2) is 56.1 Å². The van der Waals surface area contributed by atoms with Crippen LogP contribution in [-0.2, 0) is 4.74 Å². The number of aliphatic hydroxyl groups is 1. The fraction of sp³-hybridized carbons (Fsp3) is 0.650. The van der Waals surface area contributed by atoms with Crippen molar-refractivity contribution < 1.29 is 19.0 Å². The van der Waals surface area contributed by atoms with Crippen molar-refractivity contribution >= 4 is 5.96 Å². The minimum absolute atomic E-state index is 0.123. The zero-order valence-electron chi connectivity index (χ0n) is 16.3. The lowest BCUT2D eigenvalue weighted by molar-refractivity contribution is 0.0368. The Balaban J connectivity index is 1.76. The number of hydrogen-bond acceptors (Lipinski definition) is 4. The van der Waals surface area contributed by atoms with Crippen LogP contribution in [0.2, 0.25) is 0 Å². The van der Waals surface area contributed by atoms with Crippen molar-refractivity contribution in [2.24, 2.45) is 10.9 Å². The predicted molar refractivity (Wildman–Crippen MR) is 105 cm³/mol. The van der Waals surface area contributed by atoms with E-state index in [4.69, 9.17) is 9.47 Å². The van der Waals surface area contributed by atoms with Crippen molar-refractivity contribution in [3.05, 3.63) is 30.1 Å². The summed E-state index contributed by atoms with van der Waals surface area (Å²) in [5.41, 5.74) is 0. The Morgan fingerprint density at radius 2 is 2.15 bits per heavy atom. The second-order valence-electron chi connectivity index (χ2n) is 6.84. The minimum Gasteiger partial charge on any atom is -0.489 e. The standard InChI is InChI=1S/C20H32FN3O3/c1-3-18(27-19-7-5-6-16(21)10-19)12-24-20(22-4-2)23-11-17(25)14-26-13-15-8-9-15/h5-7,10,15,17-18,25H,3-4,8-9,11-14H2,1-2H3,(H2,22,23,24). The SMILES string of the molecule is CCNC(=NCC(O)COCC1CC1)NCC(CC)Oc1cccc(F)c1. The molecule has 1 aliphatic carbocycles. The molecule has 3 N–H and O–H groups in total. The third kappa shape index (κ3) is 9.06. The molecule has 0 spiro atoms. The number of rotatable bonds is 12. The Labute approximate surface area is 161 Å². The second-order valence-corrected chi connectivity index (χ2v) is 6.84. The van der Waals surface area contributed by atoms with E-state index in [0.717, 1.165) is 13.0 Å². The van der Waals surface area contributed by atoms with Crippen LogP contribution in [0.5, 0.6) is 5.75 Å². The van der Waals surface area contributed by atoms with Crippen LogP contribution in [0, 0.1) is 11.7 Å². The van der Waals surface area contributed by atoms with Gasteiger partial charge in [0, 0.05) is 19.2 Å². The molecule has 1 aromatic rings. The Bertz CT molecular complexity index is 581. The van der Waals surface area contributed by atoms with Crippen molar-refractivity contribution in [1.82, 2.24) is 10.6 Å². The van der Waals surface area contributed by atoms with Gasteiger partial charge >= 0.3 is 0 Å². The summed E-state index contributed by atoms with van der Waals surface area (Å²) in [7, 11) is 0. The van der Waals surface area contributed by atoms with Crippen molar-refractivity contribution in [3.8, 4) is 5.75 Å². The van der Waals surface area contributed by atoms with E-state index < -0.39 is 6.10 Å². The van der Waals surface area contributed by atoms with E-state index in [2.05, 4.69) is 15.6 Å². The van der Waals surface area contributed by atoms with Gasteiger partial charge in [0.05, 0.1) is 25.8 Å². The average molecular weight is 381 g/mol. The Hall–Kier alpha value is -1.86.